The number of hydrogen-bond donors (Lipinski definition) is 1. The van der Waals surface area contributed by atoms with Crippen LogP contribution in [0.3, 0.4) is 0 Å². The van der Waals surface area contributed by atoms with E-state index in [0.717, 1.165) is 18.4 Å². The largest absolute Gasteiger partial charge is 0.452 e. The van der Waals surface area contributed by atoms with E-state index in [0.29, 0.717) is 22.2 Å². The van der Waals surface area contributed by atoms with Crippen LogP contribution in [0.2, 0.25) is 0 Å². The number of nitrogens with one attached hydrogen (secondary N) is 1. The predicted octanol–water partition coefficient (Wildman–Crippen LogP) is 4.67. The number of thioether (sulfide) groups is 1. The van der Waals surface area contributed by atoms with Crippen molar-refractivity contribution in [2.75, 3.05) is 24.7 Å². The molecule has 0 radical (unpaired) electrons. The van der Waals surface area contributed by atoms with Crippen LogP contribution in [0.4, 0.5) is 5.69 Å². The Kier molecular flexibility index (Phi) is 8.73. The summed E-state index contributed by atoms with van der Waals surface area (Å²) in [5, 5.41) is 2.74. The van der Waals surface area contributed by atoms with Gasteiger partial charge in [0.15, 0.2) is 6.61 Å². The summed E-state index contributed by atoms with van der Waals surface area (Å²) in [5.74, 6) is -0.670. The smallest absolute Gasteiger partial charge is 0.339 e. The number of benzene rings is 2. The molecule has 0 aromatic heterocycles. The number of carbonyl (C=O) groups is 3. The number of carbonyl (C=O) groups excluding carboxylic acids is 3. The van der Waals surface area contributed by atoms with Gasteiger partial charge in [-0.3, -0.25) is 9.59 Å². The van der Waals surface area contributed by atoms with Crippen molar-refractivity contribution < 1.29 is 19.1 Å². The van der Waals surface area contributed by atoms with E-state index in [4.69, 9.17) is 4.74 Å². The van der Waals surface area contributed by atoms with Gasteiger partial charge >= 0.3 is 5.97 Å². The molecule has 170 valence electrons. The molecule has 1 N–H and O–H groups in total. The van der Waals surface area contributed by atoms with Crippen LogP contribution in [0.15, 0.2) is 53.4 Å². The summed E-state index contributed by atoms with van der Waals surface area (Å²) in [4.78, 5) is 40.0. The first-order valence-electron chi connectivity index (χ1n) is 11.0. The molecule has 1 aliphatic rings. The second-order valence-electron chi connectivity index (χ2n) is 8.02. The minimum Gasteiger partial charge on any atom is -0.452 e. The molecule has 0 bridgehead atoms. The number of hydrogen-bond acceptors (Lipinski definition) is 5. The van der Waals surface area contributed by atoms with Gasteiger partial charge in [0.05, 0.1) is 11.3 Å². The lowest BCUT2D eigenvalue weighted by atomic mass is 9.94. The summed E-state index contributed by atoms with van der Waals surface area (Å²) in [6.45, 7) is 1.51. The maximum Gasteiger partial charge on any atom is 0.339 e. The molecule has 1 saturated carbocycles. The zero-order valence-electron chi connectivity index (χ0n) is 18.6. The fraction of sp³-hybridized carbons (Fsp3) is 0.400. The van der Waals surface area contributed by atoms with Crippen molar-refractivity contribution in [3.8, 4) is 0 Å². The Morgan fingerprint density at radius 1 is 1.03 bits per heavy atom. The monoisotopic (exact) mass is 454 g/mol. The van der Waals surface area contributed by atoms with E-state index in [2.05, 4.69) is 5.32 Å². The zero-order valence-corrected chi connectivity index (χ0v) is 19.5. The fourth-order valence-electron chi connectivity index (χ4n) is 3.78. The third-order valence-corrected chi connectivity index (χ3v) is 6.79. The van der Waals surface area contributed by atoms with Crippen LogP contribution < -0.4 is 5.32 Å². The highest BCUT2D eigenvalue weighted by molar-refractivity contribution is 8.00. The number of esters is 1. The topological polar surface area (TPSA) is 75.7 Å². The zero-order chi connectivity index (χ0) is 22.9. The molecule has 6 nitrogen and oxygen atoms in total. The highest BCUT2D eigenvalue weighted by Gasteiger charge is 2.23. The average Bonchev–Trinajstić information content (AvgIpc) is 2.82. The van der Waals surface area contributed by atoms with Crippen LogP contribution in [-0.2, 0) is 14.3 Å². The highest BCUT2D eigenvalue weighted by atomic mass is 32.2. The molecule has 0 atom stereocenters. The minimum absolute atomic E-state index is 0.0580. The van der Waals surface area contributed by atoms with Crippen molar-refractivity contribution in [2.24, 2.45) is 0 Å². The molecule has 0 saturated heterocycles. The summed E-state index contributed by atoms with van der Waals surface area (Å²) in [5.41, 5.74) is 1.97. The SMILES string of the molecule is Cc1ccccc1NC(=O)COC(=O)c1ccccc1SCC(=O)N(C)C1CCCCC1. The van der Waals surface area contributed by atoms with E-state index in [1.807, 2.05) is 43.1 Å². The molecule has 0 heterocycles. The number of para-hydroxylation sites is 1. The van der Waals surface area contributed by atoms with E-state index >= 15 is 0 Å². The quantitative estimate of drug-likeness (QED) is 0.463. The van der Waals surface area contributed by atoms with Crippen molar-refractivity contribution in [3.63, 3.8) is 0 Å². The maximum atomic E-state index is 12.6. The standard InChI is InChI=1S/C25H30N2O4S/c1-18-10-6-8-14-21(18)26-23(28)16-31-25(30)20-13-7-9-15-22(20)32-17-24(29)27(2)19-11-4-3-5-12-19/h6-10,13-15,19H,3-5,11-12,16-17H2,1-2H3,(H,26,28). The Balaban J connectivity index is 1.53. The number of rotatable bonds is 8. The first-order chi connectivity index (χ1) is 15.5. The van der Waals surface area contributed by atoms with E-state index in [1.54, 1.807) is 24.3 Å². The molecular formula is C25H30N2O4S. The first-order valence-corrected chi connectivity index (χ1v) is 11.9. The lowest BCUT2D eigenvalue weighted by molar-refractivity contribution is -0.129. The number of anilines is 1. The van der Waals surface area contributed by atoms with Crippen LogP contribution in [0, 0.1) is 6.92 Å². The van der Waals surface area contributed by atoms with Gasteiger partial charge in [-0.05, 0) is 43.5 Å². The van der Waals surface area contributed by atoms with Gasteiger partial charge in [0.1, 0.15) is 0 Å². The Hall–Kier alpha value is -2.80. The molecule has 0 spiro atoms. The molecule has 2 amide bonds. The molecular weight excluding hydrogens is 424 g/mol. The van der Waals surface area contributed by atoms with Gasteiger partial charge in [0.2, 0.25) is 5.91 Å². The summed E-state index contributed by atoms with van der Waals surface area (Å²) >= 11 is 1.32. The molecule has 2 aromatic rings. The van der Waals surface area contributed by atoms with Gasteiger partial charge in [0, 0.05) is 23.7 Å². The van der Waals surface area contributed by atoms with Gasteiger partial charge in [-0.1, -0.05) is 49.6 Å². The Bertz CT molecular complexity index is 956. The highest BCUT2D eigenvalue weighted by Crippen LogP contribution is 2.26. The van der Waals surface area contributed by atoms with Crippen molar-refractivity contribution in [2.45, 2.75) is 50.0 Å². The predicted molar refractivity (Wildman–Crippen MR) is 127 cm³/mol. The van der Waals surface area contributed by atoms with Gasteiger partial charge in [-0.15, -0.1) is 11.8 Å². The van der Waals surface area contributed by atoms with Crippen LogP contribution in [0.5, 0.6) is 0 Å². The molecule has 1 aliphatic carbocycles. The van der Waals surface area contributed by atoms with Crippen molar-refractivity contribution >= 4 is 35.2 Å². The molecule has 0 unspecified atom stereocenters. The maximum absolute atomic E-state index is 12.6. The van der Waals surface area contributed by atoms with Gasteiger partial charge in [0.25, 0.3) is 5.91 Å². The van der Waals surface area contributed by atoms with Crippen molar-refractivity contribution in [3.05, 3.63) is 59.7 Å². The second kappa shape index (κ2) is 11.7. The van der Waals surface area contributed by atoms with Gasteiger partial charge in [-0.25, -0.2) is 4.79 Å². The van der Waals surface area contributed by atoms with Gasteiger partial charge in [-0.2, -0.15) is 0 Å². The lowest BCUT2D eigenvalue weighted by Gasteiger charge is -2.31. The summed E-state index contributed by atoms with van der Waals surface area (Å²) in [7, 11) is 1.87. The molecule has 3 rings (SSSR count). The molecule has 32 heavy (non-hydrogen) atoms. The van der Waals surface area contributed by atoms with Crippen molar-refractivity contribution in [1.29, 1.82) is 0 Å². The Labute approximate surface area is 193 Å². The van der Waals surface area contributed by atoms with Crippen LogP contribution in [0.25, 0.3) is 0 Å². The second-order valence-corrected chi connectivity index (χ2v) is 9.04. The van der Waals surface area contributed by atoms with E-state index in [-0.39, 0.29) is 18.3 Å². The first kappa shape index (κ1) is 23.9. The Morgan fingerprint density at radius 2 is 1.72 bits per heavy atom. The summed E-state index contributed by atoms with van der Waals surface area (Å²) in [6.07, 6.45) is 5.69. The molecule has 0 aliphatic heterocycles. The normalized spacial score (nSPS) is 13.9. The van der Waals surface area contributed by atoms with Crippen molar-refractivity contribution in [1.82, 2.24) is 4.90 Å². The van der Waals surface area contributed by atoms with Crippen LogP contribution >= 0.6 is 11.8 Å². The third-order valence-electron chi connectivity index (χ3n) is 5.73. The minimum atomic E-state index is -0.582. The van der Waals surface area contributed by atoms with Crippen LogP contribution in [0.1, 0.15) is 48.0 Å². The number of aryl methyl sites for hydroxylation is 1. The average molecular weight is 455 g/mol. The Morgan fingerprint density at radius 3 is 2.47 bits per heavy atom. The van der Waals surface area contributed by atoms with Crippen LogP contribution in [-0.4, -0.2) is 48.1 Å². The number of ether oxygens (including phenoxy) is 1. The lowest BCUT2D eigenvalue weighted by Crippen LogP contribution is -2.39. The summed E-state index contributed by atoms with van der Waals surface area (Å²) < 4.78 is 5.23. The fourth-order valence-corrected chi connectivity index (χ4v) is 4.75. The van der Waals surface area contributed by atoms with E-state index < -0.39 is 11.9 Å². The third kappa shape index (κ3) is 6.60. The summed E-state index contributed by atoms with van der Waals surface area (Å²) in [6, 6.07) is 14.7. The van der Waals surface area contributed by atoms with E-state index in [1.165, 1.54) is 31.0 Å². The van der Waals surface area contributed by atoms with E-state index in [9.17, 15) is 14.4 Å². The molecule has 2 aromatic carbocycles. The number of nitrogens with zero attached hydrogens (tertiary/aromatic N) is 1. The molecule has 7 heteroatoms. The molecule has 1 fully saturated rings. The van der Waals surface area contributed by atoms with Gasteiger partial charge < -0.3 is 15.0 Å². The number of amides is 2.